The topological polar surface area (TPSA) is 100 Å². The molecule has 0 radical (unpaired) electrons. The van der Waals surface area contributed by atoms with Gasteiger partial charge in [0.2, 0.25) is 11.8 Å². The molecule has 0 aromatic carbocycles. The van der Waals surface area contributed by atoms with Crippen molar-refractivity contribution in [2.45, 2.75) is 32.2 Å². The van der Waals surface area contributed by atoms with Gasteiger partial charge < -0.3 is 10.6 Å². The van der Waals surface area contributed by atoms with Crippen LogP contribution in [0, 0.1) is 6.92 Å². The quantitative estimate of drug-likeness (QED) is 0.733. The van der Waals surface area contributed by atoms with Crippen LogP contribution in [0.1, 0.15) is 23.5 Å². The predicted octanol–water partition coefficient (Wildman–Crippen LogP) is 0.0984. The van der Waals surface area contributed by atoms with Crippen molar-refractivity contribution < 1.29 is 14.4 Å². The highest BCUT2D eigenvalue weighted by Gasteiger charge is 2.25. The van der Waals surface area contributed by atoms with Gasteiger partial charge in [-0.15, -0.1) is 11.3 Å². The zero-order chi connectivity index (χ0) is 14.5. The van der Waals surface area contributed by atoms with Gasteiger partial charge in [0.1, 0.15) is 6.04 Å². The van der Waals surface area contributed by atoms with E-state index in [9.17, 15) is 14.4 Å². The molecule has 0 unspecified atom stereocenters. The molecule has 8 heteroatoms. The molecular formula is C12H16N4O3S. The van der Waals surface area contributed by atoms with Crippen LogP contribution in [-0.4, -0.2) is 35.4 Å². The van der Waals surface area contributed by atoms with Crippen LogP contribution in [0.4, 0.5) is 4.79 Å². The fourth-order valence-corrected chi connectivity index (χ4v) is 2.64. The highest BCUT2D eigenvalue weighted by Crippen LogP contribution is 2.08. The van der Waals surface area contributed by atoms with Gasteiger partial charge >= 0.3 is 6.03 Å². The van der Waals surface area contributed by atoms with Crippen molar-refractivity contribution >= 4 is 29.2 Å². The van der Waals surface area contributed by atoms with E-state index in [1.165, 1.54) is 0 Å². The molecule has 0 bridgehead atoms. The van der Waals surface area contributed by atoms with E-state index < -0.39 is 12.1 Å². The van der Waals surface area contributed by atoms with Crippen molar-refractivity contribution in [2.24, 2.45) is 0 Å². The van der Waals surface area contributed by atoms with Crippen LogP contribution >= 0.6 is 11.3 Å². The number of hydrogen-bond donors (Lipinski definition) is 3. The summed E-state index contributed by atoms with van der Waals surface area (Å²) in [6, 6.07) is -1.29. The number of amides is 4. The molecule has 3 N–H and O–H groups in total. The summed E-state index contributed by atoms with van der Waals surface area (Å²) < 4.78 is 0. The Hall–Kier alpha value is -1.96. The van der Waals surface area contributed by atoms with Gasteiger partial charge in [0.05, 0.1) is 5.01 Å². The average molecular weight is 296 g/mol. The molecule has 20 heavy (non-hydrogen) atoms. The lowest BCUT2D eigenvalue weighted by Gasteiger charge is -2.14. The SMILES string of the molecule is Cc1csc(CCNC(=O)[C@H]2CCC(=O)NC(=O)N2)n1. The van der Waals surface area contributed by atoms with Gasteiger partial charge in [0.15, 0.2) is 0 Å². The van der Waals surface area contributed by atoms with E-state index in [-0.39, 0.29) is 18.2 Å². The Labute approximate surface area is 120 Å². The Morgan fingerprint density at radius 2 is 2.35 bits per heavy atom. The third-order valence-corrected chi connectivity index (χ3v) is 3.87. The molecule has 2 heterocycles. The molecule has 0 saturated carbocycles. The molecule has 1 aliphatic heterocycles. The molecule has 1 fully saturated rings. The normalized spacial score (nSPS) is 18.9. The zero-order valence-corrected chi connectivity index (χ0v) is 11.9. The van der Waals surface area contributed by atoms with Gasteiger partial charge in [0.25, 0.3) is 0 Å². The number of rotatable bonds is 4. The summed E-state index contributed by atoms with van der Waals surface area (Å²) in [5.41, 5.74) is 0.969. The minimum Gasteiger partial charge on any atom is -0.354 e. The van der Waals surface area contributed by atoms with Crippen LogP contribution in [-0.2, 0) is 16.0 Å². The highest BCUT2D eigenvalue weighted by molar-refractivity contribution is 7.09. The van der Waals surface area contributed by atoms with E-state index >= 15 is 0 Å². The molecule has 2 rings (SSSR count). The van der Waals surface area contributed by atoms with Gasteiger partial charge in [-0.3, -0.25) is 14.9 Å². The third-order valence-electron chi connectivity index (χ3n) is 2.84. The molecule has 1 aromatic heterocycles. The van der Waals surface area contributed by atoms with Crippen LogP contribution in [0.25, 0.3) is 0 Å². The summed E-state index contributed by atoms with van der Waals surface area (Å²) in [7, 11) is 0. The van der Waals surface area contributed by atoms with Crippen LogP contribution in [0.15, 0.2) is 5.38 Å². The van der Waals surface area contributed by atoms with Crippen molar-refractivity contribution in [3.05, 3.63) is 16.1 Å². The minimum atomic E-state index is -0.667. The first-order chi connectivity index (χ1) is 9.54. The number of thiazole rings is 1. The van der Waals surface area contributed by atoms with E-state index in [1.807, 2.05) is 12.3 Å². The summed E-state index contributed by atoms with van der Waals surface area (Å²) >= 11 is 1.55. The first-order valence-corrected chi connectivity index (χ1v) is 7.21. The predicted molar refractivity (Wildman–Crippen MR) is 73.3 cm³/mol. The molecule has 1 saturated heterocycles. The van der Waals surface area contributed by atoms with Gasteiger partial charge in [-0.2, -0.15) is 0 Å². The maximum Gasteiger partial charge on any atom is 0.322 e. The lowest BCUT2D eigenvalue weighted by Crippen LogP contribution is -2.48. The van der Waals surface area contributed by atoms with Crippen molar-refractivity contribution in [3.8, 4) is 0 Å². The number of carbonyl (C=O) groups excluding carboxylic acids is 3. The Kier molecular flexibility index (Phi) is 4.67. The number of hydrogen-bond acceptors (Lipinski definition) is 5. The van der Waals surface area contributed by atoms with Gasteiger partial charge in [-0.05, 0) is 13.3 Å². The Balaban J connectivity index is 1.79. The van der Waals surface area contributed by atoms with E-state index in [0.29, 0.717) is 19.4 Å². The van der Waals surface area contributed by atoms with Gasteiger partial charge in [-0.25, -0.2) is 9.78 Å². The number of imide groups is 1. The van der Waals surface area contributed by atoms with E-state index in [0.717, 1.165) is 10.7 Å². The molecule has 0 aliphatic carbocycles. The van der Waals surface area contributed by atoms with E-state index in [2.05, 4.69) is 20.9 Å². The molecule has 1 aromatic rings. The fourth-order valence-electron chi connectivity index (χ4n) is 1.86. The zero-order valence-electron chi connectivity index (χ0n) is 11.1. The molecule has 4 amide bonds. The standard InChI is InChI=1S/C12H16N4O3S/c1-7-6-20-10(14-7)4-5-13-11(18)8-2-3-9(17)16-12(19)15-8/h6,8H,2-5H2,1H3,(H,13,18)(H2,15,16,17,19)/t8-/m1/s1. The largest absolute Gasteiger partial charge is 0.354 e. The van der Waals surface area contributed by atoms with E-state index in [1.54, 1.807) is 11.3 Å². The molecule has 7 nitrogen and oxygen atoms in total. The van der Waals surface area contributed by atoms with Crippen molar-refractivity contribution in [1.82, 2.24) is 20.9 Å². The third kappa shape index (κ3) is 4.02. The molecule has 108 valence electrons. The van der Waals surface area contributed by atoms with Crippen LogP contribution in [0.2, 0.25) is 0 Å². The Morgan fingerprint density at radius 1 is 1.55 bits per heavy atom. The smallest absolute Gasteiger partial charge is 0.322 e. The molecule has 1 aliphatic rings. The molecule has 1 atom stereocenters. The Bertz CT molecular complexity index is 529. The maximum absolute atomic E-state index is 11.9. The van der Waals surface area contributed by atoms with Crippen LogP contribution < -0.4 is 16.0 Å². The lowest BCUT2D eigenvalue weighted by atomic mass is 10.1. The van der Waals surface area contributed by atoms with Gasteiger partial charge in [0, 0.05) is 30.5 Å². The first kappa shape index (κ1) is 14.4. The number of nitrogens with zero attached hydrogens (tertiary/aromatic N) is 1. The molecule has 0 spiro atoms. The second-order valence-corrected chi connectivity index (χ2v) is 5.48. The van der Waals surface area contributed by atoms with Crippen molar-refractivity contribution in [2.75, 3.05) is 6.54 Å². The summed E-state index contributed by atoms with van der Waals surface area (Å²) in [6.07, 6.45) is 1.12. The second-order valence-electron chi connectivity index (χ2n) is 4.54. The monoisotopic (exact) mass is 296 g/mol. The lowest BCUT2D eigenvalue weighted by molar-refractivity contribution is -0.123. The van der Waals surface area contributed by atoms with Crippen molar-refractivity contribution in [1.29, 1.82) is 0 Å². The summed E-state index contributed by atoms with van der Waals surface area (Å²) in [4.78, 5) is 38.6. The number of aryl methyl sites for hydroxylation is 1. The fraction of sp³-hybridized carbons (Fsp3) is 0.500. The summed E-state index contributed by atoms with van der Waals surface area (Å²) in [6.45, 7) is 2.38. The van der Waals surface area contributed by atoms with Crippen molar-refractivity contribution in [3.63, 3.8) is 0 Å². The number of carbonyl (C=O) groups is 3. The maximum atomic E-state index is 11.9. The summed E-state index contributed by atoms with van der Waals surface area (Å²) in [5.74, 6) is -0.640. The van der Waals surface area contributed by atoms with Crippen LogP contribution in [0.5, 0.6) is 0 Å². The van der Waals surface area contributed by atoms with E-state index in [4.69, 9.17) is 0 Å². The average Bonchev–Trinajstić information content (AvgIpc) is 2.71. The van der Waals surface area contributed by atoms with Gasteiger partial charge in [-0.1, -0.05) is 0 Å². The summed E-state index contributed by atoms with van der Waals surface area (Å²) in [5, 5.41) is 10.3. The second kappa shape index (κ2) is 6.47. The number of aromatic nitrogens is 1. The minimum absolute atomic E-state index is 0.155. The molecular weight excluding hydrogens is 280 g/mol. The number of urea groups is 1. The Morgan fingerprint density at radius 3 is 3.05 bits per heavy atom. The van der Waals surface area contributed by atoms with Crippen LogP contribution in [0.3, 0.4) is 0 Å². The number of nitrogens with one attached hydrogen (secondary N) is 3. The highest BCUT2D eigenvalue weighted by atomic mass is 32.1. The first-order valence-electron chi connectivity index (χ1n) is 6.33.